The molecule has 1 aromatic carbocycles. The number of hydrogen-bond acceptors (Lipinski definition) is 11. The number of carbonyl (C=O) groups is 3. The van der Waals surface area contributed by atoms with Gasteiger partial charge >= 0.3 is 23.6 Å². The zero-order chi connectivity index (χ0) is 28.0. The first-order valence-electron chi connectivity index (χ1n) is 11.2. The summed E-state index contributed by atoms with van der Waals surface area (Å²) in [6, 6.07) is 10.0. The molecular weight excluding hydrogens is 506 g/mol. The number of ether oxygens (including phenoxy) is 2. The van der Waals surface area contributed by atoms with Crippen molar-refractivity contribution in [1.82, 2.24) is 14.5 Å². The summed E-state index contributed by atoms with van der Waals surface area (Å²) in [7, 11) is 0. The van der Waals surface area contributed by atoms with E-state index in [0.29, 0.717) is 0 Å². The number of esters is 1. The molecule has 3 heterocycles. The van der Waals surface area contributed by atoms with Crippen LogP contribution in [0.25, 0.3) is 10.9 Å². The highest BCUT2D eigenvalue weighted by molar-refractivity contribution is 5.88. The van der Waals surface area contributed by atoms with Crippen molar-refractivity contribution in [2.45, 2.75) is 43.4 Å². The van der Waals surface area contributed by atoms with Crippen molar-refractivity contribution >= 4 is 34.6 Å². The normalized spacial score (nSPS) is 21.3. The Kier molecular flexibility index (Phi) is 9.14. The molecule has 1 saturated heterocycles. The van der Waals surface area contributed by atoms with E-state index in [1.807, 2.05) is 30.3 Å². The summed E-state index contributed by atoms with van der Waals surface area (Å²) >= 11 is 0. The lowest BCUT2D eigenvalue weighted by Gasteiger charge is -2.17. The second kappa shape index (κ2) is 12.3. The Morgan fingerprint density at radius 2 is 1.82 bits per heavy atom. The molecule has 9 N–H and O–H groups in total. The number of aromatic amines is 1. The molecule has 5 atom stereocenters. The molecule has 3 aromatic rings. The number of para-hydroxylation sites is 1. The molecule has 1 aliphatic rings. The molecule has 0 unspecified atom stereocenters. The van der Waals surface area contributed by atoms with Crippen LogP contribution in [0.2, 0.25) is 0 Å². The van der Waals surface area contributed by atoms with Crippen LogP contribution in [0.1, 0.15) is 18.3 Å². The monoisotopic (exact) mass is 533 g/mol. The van der Waals surface area contributed by atoms with Gasteiger partial charge in [-0.15, -0.1) is 0 Å². The number of nitrogens with one attached hydrogen (secondary N) is 1. The number of benzene rings is 1. The number of aliphatic carboxylic acids is 2. The minimum atomic E-state index is -1.42. The zero-order valence-corrected chi connectivity index (χ0v) is 19.8. The van der Waals surface area contributed by atoms with Gasteiger partial charge in [-0.3, -0.25) is 19.0 Å². The first-order chi connectivity index (χ1) is 18.0. The van der Waals surface area contributed by atoms with Gasteiger partial charge in [0.2, 0.25) is 0 Å². The number of nitrogens with zero attached hydrogens (tertiary/aromatic N) is 2. The number of hydrogen-bond donors (Lipinski definition) is 7. The van der Waals surface area contributed by atoms with Crippen LogP contribution >= 0.6 is 0 Å². The summed E-state index contributed by atoms with van der Waals surface area (Å²) < 4.78 is 11.7. The standard InChI is InChI=1S/C20H23N5O6.C3H4O4/c21-12(8-11-7-10-3-1-2-4-13(10)23-11)19(28)30-9-14-16(26)17(27)18(31-14)25-6-5-15(22)24-20(25)29;4-2(5)1-3(6)7/h1-7,12,14,16-18,23,26-27H,8-9,21H2,(H2,22,24,29);1H2,(H,4,5)(H,6,7)/t12-,14-,16-,17+,18-;/m1./s1. The molecule has 1 aliphatic heterocycles. The van der Waals surface area contributed by atoms with Crippen LogP contribution in [0.15, 0.2) is 47.4 Å². The molecule has 0 aliphatic carbocycles. The van der Waals surface area contributed by atoms with Gasteiger partial charge < -0.3 is 46.4 Å². The maximum atomic E-state index is 12.3. The van der Waals surface area contributed by atoms with Crippen LogP contribution in [0.5, 0.6) is 0 Å². The Bertz CT molecular complexity index is 1310. The van der Waals surface area contributed by atoms with Gasteiger partial charge in [0.25, 0.3) is 0 Å². The van der Waals surface area contributed by atoms with Gasteiger partial charge in [-0.1, -0.05) is 18.2 Å². The largest absolute Gasteiger partial charge is 0.481 e. The second-order valence-electron chi connectivity index (χ2n) is 8.38. The number of aliphatic hydroxyl groups excluding tert-OH is 2. The van der Waals surface area contributed by atoms with E-state index in [4.69, 9.17) is 31.2 Å². The molecule has 0 bridgehead atoms. The smallest absolute Gasteiger partial charge is 0.351 e. The highest BCUT2D eigenvalue weighted by Gasteiger charge is 2.44. The molecule has 0 saturated carbocycles. The fourth-order valence-electron chi connectivity index (χ4n) is 3.68. The summed E-state index contributed by atoms with van der Waals surface area (Å²) in [5, 5.41) is 36.9. The predicted molar refractivity (Wildman–Crippen MR) is 130 cm³/mol. The third-order valence-corrected chi connectivity index (χ3v) is 5.48. The number of aliphatic hydroxyl groups is 2. The van der Waals surface area contributed by atoms with E-state index in [1.165, 1.54) is 12.3 Å². The minimum Gasteiger partial charge on any atom is -0.481 e. The number of nitrogens with two attached hydrogens (primary N) is 2. The van der Waals surface area contributed by atoms with Crippen molar-refractivity contribution < 1.29 is 44.3 Å². The van der Waals surface area contributed by atoms with Gasteiger partial charge in [0.1, 0.15) is 43.2 Å². The van der Waals surface area contributed by atoms with Gasteiger partial charge in [-0.2, -0.15) is 4.98 Å². The van der Waals surface area contributed by atoms with Gasteiger partial charge in [0.15, 0.2) is 6.23 Å². The molecule has 204 valence electrons. The van der Waals surface area contributed by atoms with E-state index in [2.05, 4.69) is 9.97 Å². The summed E-state index contributed by atoms with van der Waals surface area (Å²) in [6.07, 6.45) is -4.32. The van der Waals surface area contributed by atoms with Crippen LogP contribution in [-0.2, 0) is 30.3 Å². The van der Waals surface area contributed by atoms with Crippen molar-refractivity contribution in [1.29, 1.82) is 0 Å². The van der Waals surface area contributed by atoms with Crippen LogP contribution < -0.4 is 17.2 Å². The Morgan fingerprint density at radius 1 is 1.13 bits per heavy atom. The molecule has 4 rings (SSSR count). The Morgan fingerprint density at radius 3 is 2.42 bits per heavy atom. The van der Waals surface area contributed by atoms with Gasteiger partial charge in [-0.05, 0) is 23.6 Å². The molecular formula is C23H27N5O10. The Balaban J connectivity index is 0.000000505. The van der Waals surface area contributed by atoms with Crippen LogP contribution in [0, 0.1) is 0 Å². The average Bonchev–Trinajstić information content (AvgIpc) is 3.37. The van der Waals surface area contributed by atoms with Crippen LogP contribution in [-0.4, -0.2) is 83.8 Å². The van der Waals surface area contributed by atoms with Crippen molar-refractivity contribution in [2.75, 3.05) is 12.3 Å². The summed E-state index contributed by atoms with van der Waals surface area (Å²) in [5.41, 5.74) is 12.4. The molecule has 15 nitrogen and oxygen atoms in total. The van der Waals surface area contributed by atoms with Crippen molar-refractivity contribution in [3.63, 3.8) is 0 Å². The lowest BCUT2D eigenvalue weighted by atomic mass is 10.1. The maximum Gasteiger partial charge on any atom is 0.351 e. The van der Waals surface area contributed by atoms with Crippen molar-refractivity contribution in [3.05, 3.63) is 58.8 Å². The first kappa shape index (κ1) is 28.3. The molecule has 0 radical (unpaired) electrons. The lowest BCUT2D eigenvalue weighted by molar-refractivity contribution is -0.152. The molecule has 2 aromatic heterocycles. The van der Waals surface area contributed by atoms with E-state index in [0.717, 1.165) is 21.2 Å². The van der Waals surface area contributed by atoms with E-state index >= 15 is 0 Å². The van der Waals surface area contributed by atoms with Crippen LogP contribution in [0.4, 0.5) is 5.82 Å². The lowest BCUT2D eigenvalue weighted by Crippen LogP contribution is -2.39. The van der Waals surface area contributed by atoms with Crippen molar-refractivity contribution in [3.8, 4) is 0 Å². The SMILES string of the molecule is Nc1ccn([C@@H]2O[C@H](COC(=O)[C@H](N)Cc3cc4ccccc4[nH]3)[C@@H](O)[C@@H]2O)c(=O)n1.O=C(O)CC(=O)O. The summed E-state index contributed by atoms with van der Waals surface area (Å²) in [5.74, 6) is -3.29. The van der Waals surface area contributed by atoms with Crippen LogP contribution in [0.3, 0.4) is 0 Å². The number of rotatable bonds is 8. The van der Waals surface area contributed by atoms with E-state index < -0.39 is 60.6 Å². The first-order valence-corrected chi connectivity index (χ1v) is 11.2. The second-order valence-corrected chi connectivity index (χ2v) is 8.38. The Hall–Kier alpha value is -4.31. The predicted octanol–water partition coefficient (Wildman–Crippen LogP) is -1.42. The number of H-pyrrole nitrogens is 1. The molecule has 1 fully saturated rings. The third kappa shape index (κ3) is 7.13. The fourth-order valence-corrected chi connectivity index (χ4v) is 3.68. The van der Waals surface area contributed by atoms with E-state index in [9.17, 15) is 29.4 Å². The average molecular weight is 533 g/mol. The highest BCUT2D eigenvalue weighted by atomic mass is 16.6. The molecule has 0 spiro atoms. The highest BCUT2D eigenvalue weighted by Crippen LogP contribution is 2.28. The topological polar surface area (TPSA) is 253 Å². The fraction of sp³-hybridized carbons (Fsp3) is 0.348. The van der Waals surface area contributed by atoms with Gasteiger partial charge in [0.05, 0.1) is 0 Å². The quantitative estimate of drug-likeness (QED) is 0.130. The number of fused-ring (bicyclic) bond motifs is 1. The molecule has 15 heteroatoms. The number of carboxylic acid groups (broad SMARTS) is 2. The number of carbonyl (C=O) groups excluding carboxylic acids is 1. The molecule has 0 amide bonds. The third-order valence-electron chi connectivity index (χ3n) is 5.48. The Labute approximate surface area is 214 Å². The summed E-state index contributed by atoms with van der Waals surface area (Å²) in [6.45, 7) is -0.342. The minimum absolute atomic E-state index is 0.0173. The van der Waals surface area contributed by atoms with E-state index in [1.54, 1.807) is 0 Å². The van der Waals surface area contributed by atoms with Gasteiger partial charge in [-0.25, -0.2) is 4.79 Å². The van der Waals surface area contributed by atoms with Gasteiger partial charge in [0, 0.05) is 23.8 Å². The zero-order valence-electron chi connectivity index (χ0n) is 19.8. The number of aromatic nitrogens is 3. The number of nitrogen functional groups attached to an aromatic ring is 1. The van der Waals surface area contributed by atoms with E-state index in [-0.39, 0.29) is 18.8 Å². The number of anilines is 1. The van der Waals surface area contributed by atoms with Crippen molar-refractivity contribution in [2.24, 2.45) is 5.73 Å². The molecule has 38 heavy (non-hydrogen) atoms. The maximum absolute atomic E-state index is 12.3. The summed E-state index contributed by atoms with van der Waals surface area (Å²) in [4.78, 5) is 49.9. The number of carboxylic acids is 2.